The molecule has 2 aliphatic rings. The average molecular weight is 310 g/mol. The van der Waals surface area contributed by atoms with E-state index in [4.69, 9.17) is 4.74 Å². The number of fused-ring (bicyclic) bond motifs is 1. The molecule has 116 valence electrons. The van der Waals surface area contributed by atoms with Gasteiger partial charge in [-0.25, -0.2) is 13.1 Å². The van der Waals surface area contributed by atoms with E-state index in [1.165, 1.54) is 12.8 Å². The van der Waals surface area contributed by atoms with Crippen molar-refractivity contribution in [3.8, 4) is 5.75 Å². The molecule has 6 heteroatoms. The molecule has 5 nitrogen and oxygen atoms in total. The number of hydrogen-bond acceptors (Lipinski definition) is 4. The Morgan fingerprint density at radius 1 is 1.38 bits per heavy atom. The fourth-order valence-corrected chi connectivity index (χ4v) is 4.08. The Morgan fingerprint density at radius 3 is 3.10 bits per heavy atom. The number of nitrogens with one attached hydrogen (secondary N) is 2. The molecule has 0 aliphatic carbocycles. The summed E-state index contributed by atoms with van der Waals surface area (Å²) in [5.74, 6) is 1.39. The Morgan fingerprint density at radius 2 is 2.29 bits per heavy atom. The molecule has 2 heterocycles. The van der Waals surface area contributed by atoms with Crippen LogP contribution in [0.2, 0.25) is 0 Å². The molecule has 2 N–H and O–H groups in total. The Kier molecular flexibility index (Phi) is 4.47. The summed E-state index contributed by atoms with van der Waals surface area (Å²) in [6.07, 6.45) is 4.04. The van der Waals surface area contributed by atoms with E-state index < -0.39 is 10.0 Å². The first kappa shape index (κ1) is 14.8. The third-order valence-electron chi connectivity index (χ3n) is 4.21. The van der Waals surface area contributed by atoms with E-state index in [1.54, 1.807) is 18.2 Å². The molecule has 2 aliphatic heterocycles. The minimum atomic E-state index is -3.41. The van der Waals surface area contributed by atoms with Crippen molar-refractivity contribution in [2.75, 3.05) is 26.2 Å². The monoisotopic (exact) mass is 310 g/mol. The second-order valence-corrected chi connectivity index (χ2v) is 7.53. The summed E-state index contributed by atoms with van der Waals surface area (Å²) < 4.78 is 32.7. The van der Waals surface area contributed by atoms with Crippen LogP contribution in [0.25, 0.3) is 0 Å². The molecule has 0 radical (unpaired) electrons. The van der Waals surface area contributed by atoms with Crippen molar-refractivity contribution in [3.05, 3.63) is 23.8 Å². The molecule has 0 aromatic heterocycles. The summed E-state index contributed by atoms with van der Waals surface area (Å²) in [4.78, 5) is 0.341. The predicted octanol–water partition coefficient (Wildman–Crippen LogP) is 1.29. The van der Waals surface area contributed by atoms with Gasteiger partial charge in [0.2, 0.25) is 10.0 Å². The smallest absolute Gasteiger partial charge is 0.240 e. The highest BCUT2D eigenvalue weighted by Gasteiger charge is 2.20. The van der Waals surface area contributed by atoms with Crippen LogP contribution in [0.1, 0.15) is 24.8 Å². The van der Waals surface area contributed by atoms with Crippen molar-refractivity contribution in [1.82, 2.24) is 10.0 Å². The van der Waals surface area contributed by atoms with Crippen LogP contribution >= 0.6 is 0 Å². The van der Waals surface area contributed by atoms with Crippen molar-refractivity contribution in [1.29, 1.82) is 0 Å². The molecular formula is C15H22N2O3S. The summed E-state index contributed by atoms with van der Waals surface area (Å²) in [5.41, 5.74) is 0.981. The van der Waals surface area contributed by atoms with E-state index in [0.29, 0.717) is 24.0 Å². The summed E-state index contributed by atoms with van der Waals surface area (Å²) >= 11 is 0. The minimum absolute atomic E-state index is 0.341. The Balaban J connectivity index is 1.58. The van der Waals surface area contributed by atoms with Gasteiger partial charge in [-0.15, -0.1) is 0 Å². The fraction of sp³-hybridized carbons (Fsp3) is 0.600. The number of ether oxygens (including phenoxy) is 1. The zero-order chi connectivity index (χ0) is 14.7. The van der Waals surface area contributed by atoms with Gasteiger partial charge in [-0.05, 0) is 62.0 Å². The molecule has 1 aromatic rings. The Hall–Kier alpha value is -1.11. The van der Waals surface area contributed by atoms with Crippen LogP contribution in [-0.4, -0.2) is 34.7 Å². The normalized spacial score (nSPS) is 21.8. The Bertz CT molecular complexity index is 595. The molecule has 1 unspecified atom stereocenters. The molecule has 1 fully saturated rings. The van der Waals surface area contributed by atoms with Gasteiger partial charge in [-0.3, -0.25) is 0 Å². The molecular weight excluding hydrogens is 288 g/mol. The Labute approximate surface area is 126 Å². The van der Waals surface area contributed by atoms with E-state index >= 15 is 0 Å². The second kappa shape index (κ2) is 6.34. The van der Waals surface area contributed by atoms with Gasteiger partial charge < -0.3 is 10.1 Å². The zero-order valence-electron chi connectivity index (χ0n) is 12.1. The van der Waals surface area contributed by atoms with Crippen LogP contribution in [0, 0.1) is 5.92 Å². The summed E-state index contributed by atoms with van der Waals surface area (Å²) in [6, 6.07) is 5.10. The van der Waals surface area contributed by atoms with E-state index in [1.807, 2.05) is 0 Å². The first-order chi connectivity index (χ1) is 10.1. The van der Waals surface area contributed by atoms with Crippen LogP contribution in [0.5, 0.6) is 5.75 Å². The number of benzene rings is 1. The molecule has 21 heavy (non-hydrogen) atoms. The highest BCUT2D eigenvalue weighted by atomic mass is 32.2. The van der Waals surface area contributed by atoms with Crippen molar-refractivity contribution >= 4 is 10.0 Å². The summed E-state index contributed by atoms with van der Waals surface area (Å²) in [6.45, 7) is 3.22. The van der Waals surface area contributed by atoms with Crippen LogP contribution in [0.3, 0.4) is 0 Å². The maximum atomic E-state index is 12.3. The zero-order valence-corrected chi connectivity index (χ0v) is 12.9. The average Bonchev–Trinajstić information content (AvgIpc) is 2.95. The van der Waals surface area contributed by atoms with Gasteiger partial charge in [0.15, 0.2) is 0 Å². The maximum Gasteiger partial charge on any atom is 0.240 e. The quantitative estimate of drug-likeness (QED) is 0.860. The first-order valence-corrected chi connectivity index (χ1v) is 9.09. The van der Waals surface area contributed by atoms with Gasteiger partial charge in [0.25, 0.3) is 0 Å². The first-order valence-electron chi connectivity index (χ1n) is 7.61. The van der Waals surface area contributed by atoms with Gasteiger partial charge in [-0.2, -0.15) is 0 Å². The molecule has 1 saturated heterocycles. The number of hydrogen-bond donors (Lipinski definition) is 2. The lowest BCUT2D eigenvalue weighted by atomic mass is 9.96. The minimum Gasteiger partial charge on any atom is -0.493 e. The van der Waals surface area contributed by atoms with Gasteiger partial charge >= 0.3 is 0 Å². The second-order valence-electron chi connectivity index (χ2n) is 5.77. The standard InChI is InChI=1S/C15H22N2O3S/c18-21(19,17-8-5-12-2-1-7-16-11-12)14-3-4-15-13(10-14)6-9-20-15/h3-4,10,12,16-17H,1-2,5-9,11H2. The maximum absolute atomic E-state index is 12.3. The predicted molar refractivity (Wildman–Crippen MR) is 81.0 cm³/mol. The van der Waals surface area contributed by atoms with Gasteiger partial charge in [0.1, 0.15) is 5.75 Å². The highest BCUT2D eigenvalue weighted by molar-refractivity contribution is 7.89. The lowest BCUT2D eigenvalue weighted by Crippen LogP contribution is -2.33. The summed E-state index contributed by atoms with van der Waals surface area (Å²) in [5, 5.41) is 3.35. The van der Waals surface area contributed by atoms with Gasteiger partial charge in [-0.1, -0.05) is 0 Å². The van der Waals surface area contributed by atoms with Crippen LogP contribution in [-0.2, 0) is 16.4 Å². The number of sulfonamides is 1. The van der Waals surface area contributed by atoms with Gasteiger partial charge in [0.05, 0.1) is 11.5 Å². The highest BCUT2D eigenvalue weighted by Crippen LogP contribution is 2.27. The van der Waals surface area contributed by atoms with Crippen LogP contribution in [0.4, 0.5) is 0 Å². The number of rotatable bonds is 5. The van der Waals surface area contributed by atoms with Crippen molar-refractivity contribution in [3.63, 3.8) is 0 Å². The van der Waals surface area contributed by atoms with E-state index in [-0.39, 0.29) is 0 Å². The van der Waals surface area contributed by atoms with Crippen LogP contribution in [0.15, 0.2) is 23.1 Å². The lowest BCUT2D eigenvalue weighted by Gasteiger charge is -2.22. The summed E-state index contributed by atoms with van der Waals surface area (Å²) in [7, 11) is -3.41. The molecule has 0 bridgehead atoms. The molecule has 1 atom stereocenters. The number of piperidine rings is 1. The van der Waals surface area contributed by atoms with E-state index in [0.717, 1.165) is 37.2 Å². The molecule has 0 saturated carbocycles. The van der Waals surface area contributed by atoms with Crippen molar-refractivity contribution in [2.24, 2.45) is 5.92 Å². The lowest BCUT2D eigenvalue weighted by molar-refractivity contribution is 0.356. The van der Waals surface area contributed by atoms with E-state index in [2.05, 4.69) is 10.0 Å². The van der Waals surface area contributed by atoms with Crippen LogP contribution < -0.4 is 14.8 Å². The third-order valence-corrected chi connectivity index (χ3v) is 5.67. The van der Waals surface area contributed by atoms with Crippen molar-refractivity contribution < 1.29 is 13.2 Å². The molecule has 1 aromatic carbocycles. The fourth-order valence-electron chi connectivity index (χ4n) is 2.98. The van der Waals surface area contributed by atoms with Crippen molar-refractivity contribution in [2.45, 2.75) is 30.6 Å². The molecule has 0 amide bonds. The molecule has 0 spiro atoms. The third kappa shape index (κ3) is 3.56. The SMILES string of the molecule is O=S(=O)(NCCC1CCCNC1)c1ccc2c(c1)CCO2. The topological polar surface area (TPSA) is 67.4 Å². The van der Waals surface area contributed by atoms with E-state index in [9.17, 15) is 8.42 Å². The van der Waals surface area contributed by atoms with Gasteiger partial charge in [0, 0.05) is 13.0 Å². The molecule has 3 rings (SSSR count). The largest absolute Gasteiger partial charge is 0.493 e.